The minimum Gasteiger partial charge on any atom is -0.492 e. The molecule has 1 aliphatic heterocycles. The van der Waals surface area contributed by atoms with Gasteiger partial charge in [-0.1, -0.05) is 36.4 Å². The van der Waals surface area contributed by atoms with Crippen LogP contribution >= 0.6 is 24.0 Å². The maximum atomic E-state index is 5.79. The number of hydrogen-bond donors (Lipinski definition) is 2. The summed E-state index contributed by atoms with van der Waals surface area (Å²) in [4.78, 5) is 6.76. The highest BCUT2D eigenvalue weighted by Gasteiger charge is 2.12. The van der Waals surface area contributed by atoms with E-state index in [9.17, 15) is 0 Å². The second kappa shape index (κ2) is 13.5. The normalized spacial score (nSPS) is 14.7. The molecule has 0 radical (unpaired) electrons. The van der Waals surface area contributed by atoms with Gasteiger partial charge in [-0.25, -0.2) is 0 Å². The molecule has 30 heavy (non-hydrogen) atoms. The highest BCUT2D eigenvalue weighted by molar-refractivity contribution is 14.0. The molecule has 0 atom stereocenters. The third-order valence-corrected chi connectivity index (χ3v) is 4.94. The van der Waals surface area contributed by atoms with Gasteiger partial charge in [-0.05, 0) is 35.7 Å². The highest BCUT2D eigenvalue weighted by atomic mass is 127. The summed E-state index contributed by atoms with van der Waals surface area (Å²) < 4.78 is 11.2. The van der Waals surface area contributed by atoms with Gasteiger partial charge >= 0.3 is 0 Å². The summed E-state index contributed by atoms with van der Waals surface area (Å²) in [5.74, 6) is 1.67. The number of benzene rings is 2. The zero-order valence-electron chi connectivity index (χ0n) is 17.9. The van der Waals surface area contributed by atoms with E-state index in [4.69, 9.17) is 9.47 Å². The van der Waals surface area contributed by atoms with Gasteiger partial charge in [0.05, 0.1) is 19.8 Å². The average molecular weight is 524 g/mol. The second-order valence-corrected chi connectivity index (χ2v) is 7.17. The molecule has 0 saturated carbocycles. The molecular formula is C23H33IN4O2. The molecule has 164 valence electrons. The van der Waals surface area contributed by atoms with E-state index in [0.717, 1.165) is 51.1 Å². The van der Waals surface area contributed by atoms with Gasteiger partial charge in [0.1, 0.15) is 12.4 Å². The van der Waals surface area contributed by atoms with E-state index in [1.54, 1.807) is 7.05 Å². The largest absolute Gasteiger partial charge is 0.492 e. The van der Waals surface area contributed by atoms with Crippen molar-refractivity contribution >= 4 is 29.9 Å². The van der Waals surface area contributed by atoms with Gasteiger partial charge < -0.3 is 20.1 Å². The number of nitrogens with zero attached hydrogens (tertiary/aromatic N) is 2. The summed E-state index contributed by atoms with van der Waals surface area (Å²) in [5.41, 5.74) is 3.83. The van der Waals surface area contributed by atoms with Crippen LogP contribution in [0.5, 0.6) is 5.75 Å². The summed E-state index contributed by atoms with van der Waals surface area (Å²) in [7, 11) is 1.79. The summed E-state index contributed by atoms with van der Waals surface area (Å²) in [6, 6.07) is 16.7. The summed E-state index contributed by atoms with van der Waals surface area (Å²) in [6.07, 6.45) is 0. The van der Waals surface area contributed by atoms with Gasteiger partial charge in [0, 0.05) is 33.2 Å². The van der Waals surface area contributed by atoms with Crippen molar-refractivity contribution in [3.8, 4) is 5.75 Å². The fraction of sp³-hybridized carbons (Fsp3) is 0.435. The lowest BCUT2D eigenvalue weighted by atomic mass is 10.1. The predicted octanol–water partition coefficient (Wildman–Crippen LogP) is 3.19. The first-order valence-electron chi connectivity index (χ1n) is 10.3. The third kappa shape index (κ3) is 8.12. The van der Waals surface area contributed by atoms with Crippen LogP contribution in [0.4, 0.5) is 0 Å². The topological polar surface area (TPSA) is 58.1 Å². The Balaban J connectivity index is 0.00000320. The number of hydrogen-bond acceptors (Lipinski definition) is 4. The third-order valence-electron chi connectivity index (χ3n) is 4.94. The Morgan fingerprint density at radius 1 is 1.07 bits per heavy atom. The molecule has 1 fully saturated rings. The van der Waals surface area contributed by atoms with Crippen LogP contribution in [0.2, 0.25) is 0 Å². The van der Waals surface area contributed by atoms with Crippen LogP contribution in [0.1, 0.15) is 16.7 Å². The van der Waals surface area contributed by atoms with Crippen molar-refractivity contribution in [2.45, 2.75) is 20.0 Å². The molecule has 1 heterocycles. The van der Waals surface area contributed by atoms with E-state index in [1.165, 1.54) is 16.7 Å². The SMILES string of the molecule is CN=C(NCCOc1cccc(C)c1)NCc1ccccc1CN1CCOCC1.I. The Hall–Kier alpha value is -1.84. The number of guanidine groups is 1. The van der Waals surface area contributed by atoms with E-state index in [1.807, 2.05) is 18.2 Å². The van der Waals surface area contributed by atoms with Crippen molar-refractivity contribution in [3.63, 3.8) is 0 Å². The predicted molar refractivity (Wildman–Crippen MR) is 133 cm³/mol. The maximum absolute atomic E-state index is 5.79. The fourth-order valence-corrected chi connectivity index (χ4v) is 3.33. The van der Waals surface area contributed by atoms with E-state index < -0.39 is 0 Å². The standard InChI is InChI=1S/C23H32N4O2.HI/c1-19-6-5-9-22(16-19)29-13-10-25-23(24-2)26-17-20-7-3-4-8-21(20)18-27-11-14-28-15-12-27;/h3-9,16H,10-15,17-18H2,1-2H3,(H2,24,25,26);1H. The Bertz CT molecular complexity index is 794. The van der Waals surface area contributed by atoms with Crippen molar-refractivity contribution in [2.75, 3.05) is 46.5 Å². The van der Waals surface area contributed by atoms with Crippen molar-refractivity contribution in [2.24, 2.45) is 4.99 Å². The molecule has 2 N–H and O–H groups in total. The van der Waals surface area contributed by atoms with E-state index in [2.05, 4.69) is 57.8 Å². The number of aliphatic imine (C=N–C) groups is 1. The molecule has 0 amide bonds. The van der Waals surface area contributed by atoms with E-state index >= 15 is 0 Å². The molecule has 0 unspecified atom stereocenters. The van der Waals surface area contributed by atoms with Crippen LogP contribution in [0.3, 0.4) is 0 Å². The van der Waals surface area contributed by atoms with Gasteiger partial charge in [0.2, 0.25) is 0 Å². The molecule has 2 aromatic rings. The molecule has 3 rings (SSSR count). The number of morpholine rings is 1. The zero-order valence-corrected chi connectivity index (χ0v) is 20.2. The average Bonchev–Trinajstić information content (AvgIpc) is 2.75. The minimum atomic E-state index is 0. The van der Waals surface area contributed by atoms with Crippen LogP contribution in [0, 0.1) is 6.92 Å². The molecule has 0 aromatic heterocycles. The lowest BCUT2D eigenvalue weighted by Gasteiger charge is -2.27. The van der Waals surface area contributed by atoms with Crippen LogP contribution in [0.25, 0.3) is 0 Å². The smallest absolute Gasteiger partial charge is 0.191 e. The number of nitrogens with one attached hydrogen (secondary N) is 2. The maximum Gasteiger partial charge on any atom is 0.191 e. The first-order chi connectivity index (χ1) is 14.2. The molecule has 0 spiro atoms. The lowest BCUT2D eigenvalue weighted by Crippen LogP contribution is -2.39. The molecule has 1 saturated heterocycles. The van der Waals surface area contributed by atoms with Crippen LogP contribution in [-0.2, 0) is 17.8 Å². The van der Waals surface area contributed by atoms with Crippen molar-refractivity contribution < 1.29 is 9.47 Å². The summed E-state index contributed by atoms with van der Waals surface area (Å²) >= 11 is 0. The van der Waals surface area contributed by atoms with Gasteiger partial charge in [0.25, 0.3) is 0 Å². The van der Waals surface area contributed by atoms with Crippen molar-refractivity contribution in [1.82, 2.24) is 15.5 Å². The molecule has 6 nitrogen and oxygen atoms in total. The van der Waals surface area contributed by atoms with Crippen LogP contribution in [-0.4, -0.2) is 57.4 Å². The Morgan fingerprint density at radius 3 is 2.57 bits per heavy atom. The Labute approximate surface area is 197 Å². The highest BCUT2D eigenvalue weighted by Crippen LogP contribution is 2.13. The first kappa shape index (κ1) is 24.4. The Kier molecular flexibility index (Phi) is 11.0. The minimum absolute atomic E-state index is 0. The van der Waals surface area contributed by atoms with Crippen molar-refractivity contribution in [1.29, 1.82) is 0 Å². The molecule has 1 aliphatic rings. The van der Waals surface area contributed by atoms with Gasteiger partial charge in [-0.2, -0.15) is 0 Å². The van der Waals surface area contributed by atoms with Crippen LogP contribution < -0.4 is 15.4 Å². The molecular weight excluding hydrogens is 491 g/mol. The monoisotopic (exact) mass is 524 g/mol. The lowest BCUT2D eigenvalue weighted by molar-refractivity contribution is 0.0341. The molecule has 7 heteroatoms. The van der Waals surface area contributed by atoms with Gasteiger partial charge in [-0.15, -0.1) is 24.0 Å². The molecule has 2 aromatic carbocycles. The number of aryl methyl sites for hydroxylation is 1. The van der Waals surface area contributed by atoms with Gasteiger partial charge in [0.15, 0.2) is 5.96 Å². The number of halogens is 1. The van der Waals surface area contributed by atoms with E-state index in [-0.39, 0.29) is 24.0 Å². The summed E-state index contributed by atoms with van der Waals surface area (Å²) in [5, 5.41) is 6.72. The second-order valence-electron chi connectivity index (χ2n) is 7.17. The fourth-order valence-electron chi connectivity index (χ4n) is 3.33. The van der Waals surface area contributed by atoms with Crippen molar-refractivity contribution in [3.05, 3.63) is 65.2 Å². The molecule has 0 aliphatic carbocycles. The number of rotatable bonds is 8. The quantitative estimate of drug-likeness (QED) is 0.241. The van der Waals surface area contributed by atoms with Crippen LogP contribution in [0.15, 0.2) is 53.5 Å². The van der Waals surface area contributed by atoms with E-state index in [0.29, 0.717) is 13.2 Å². The number of ether oxygens (including phenoxy) is 2. The molecule has 0 bridgehead atoms. The summed E-state index contributed by atoms with van der Waals surface area (Å²) in [6.45, 7) is 8.64. The Morgan fingerprint density at radius 2 is 1.83 bits per heavy atom. The first-order valence-corrected chi connectivity index (χ1v) is 10.3. The zero-order chi connectivity index (χ0) is 20.3. The van der Waals surface area contributed by atoms with Gasteiger partial charge in [-0.3, -0.25) is 9.89 Å².